The molecule has 0 saturated carbocycles. The van der Waals surface area contributed by atoms with Gasteiger partial charge in [-0.1, -0.05) is 35.3 Å². The number of carbonyl (C=O) groups is 1. The van der Waals surface area contributed by atoms with E-state index in [1.807, 2.05) is 0 Å². The molecule has 3 aromatic rings. The molecule has 0 fully saturated rings. The lowest BCUT2D eigenvalue weighted by molar-refractivity contribution is 0.107. The van der Waals surface area contributed by atoms with Gasteiger partial charge in [-0.05, 0) is 24.3 Å². The summed E-state index contributed by atoms with van der Waals surface area (Å²) in [5, 5.41) is 11.8. The van der Waals surface area contributed by atoms with Crippen molar-refractivity contribution in [2.75, 3.05) is 0 Å². The number of carbonyl (C=O) groups excluding carboxylic acids is 1. The Morgan fingerprint density at radius 2 is 1.77 bits per heavy atom. The van der Waals surface area contributed by atoms with E-state index in [1.165, 1.54) is 0 Å². The smallest absolute Gasteiger partial charge is 0.215 e. The van der Waals surface area contributed by atoms with Gasteiger partial charge in [0.15, 0.2) is 5.75 Å². The molecule has 0 radical (unpaired) electrons. The lowest BCUT2D eigenvalue weighted by Crippen LogP contribution is -2.11. The fourth-order valence-electron chi connectivity index (χ4n) is 2.61. The molecule has 1 aromatic heterocycles. The zero-order valence-corrected chi connectivity index (χ0v) is 12.5. The number of rotatable bonds is 1. The Kier molecular flexibility index (Phi) is 2.79. The maximum atomic E-state index is 12.5. The summed E-state index contributed by atoms with van der Waals surface area (Å²) in [6.07, 6.45) is 0. The zero-order valence-electron chi connectivity index (χ0n) is 11.0. The molecule has 0 unspecified atom stereocenters. The largest absolute Gasteiger partial charge is 0.505 e. The van der Waals surface area contributed by atoms with Crippen molar-refractivity contribution in [3.05, 3.63) is 57.7 Å². The molecule has 0 aliphatic carbocycles. The average molecular weight is 331 g/mol. The van der Waals surface area contributed by atoms with E-state index in [4.69, 9.17) is 23.2 Å². The summed E-state index contributed by atoms with van der Waals surface area (Å²) in [6, 6.07) is 10.2. The fraction of sp³-hybridized carbons (Fsp3) is 0. The number of halogens is 2. The number of fused-ring (bicyclic) bond motifs is 2. The minimum Gasteiger partial charge on any atom is -0.505 e. The van der Waals surface area contributed by atoms with Gasteiger partial charge in [0, 0.05) is 5.39 Å². The number of Topliss-reactive ketones (excluding diaryl/α,β-unsaturated/α-hetero) is 1. The molecule has 0 spiro atoms. The number of aromatic hydroxyl groups is 1. The minimum atomic E-state index is -0.282. The highest BCUT2D eigenvalue weighted by molar-refractivity contribution is 6.56. The number of aromatic amines is 1. The second-order valence-electron chi connectivity index (χ2n) is 4.94. The molecule has 6 heteroatoms. The number of hydrogen-bond acceptors (Lipinski definition) is 3. The Morgan fingerprint density at radius 1 is 1.05 bits per heavy atom. The van der Waals surface area contributed by atoms with Crippen LogP contribution in [0.5, 0.6) is 5.75 Å². The molecule has 108 valence electrons. The van der Waals surface area contributed by atoms with E-state index in [0.717, 1.165) is 0 Å². The van der Waals surface area contributed by atoms with Crippen molar-refractivity contribution in [2.24, 2.45) is 4.99 Å². The molecule has 4 rings (SSSR count). The predicted octanol–water partition coefficient (Wildman–Crippen LogP) is 4.50. The van der Waals surface area contributed by atoms with Gasteiger partial charge in [-0.25, -0.2) is 4.99 Å². The summed E-state index contributed by atoms with van der Waals surface area (Å²) in [5.41, 5.74) is 1.79. The standard InChI is InChI=1S/C16H8Cl2N2O2/c17-9-5-1-3-7-11(9)19-13(15(7)21)14-16(22)8-4-2-6-10(18)12(8)20-14/h1-6,19,21H. The highest BCUT2D eigenvalue weighted by Gasteiger charge is 2.30. The van der Waals surface area contributed by atoms with Gasteiger partial charge in [0.1, 0.15) is 11.4 Å². The van der Waals surface area contributed by atoms with Crippen molar-refractivity contribution < 1.29 is 9.90 Å². The zero-order chi connectivity index (χ0) is 15.4. The third-order valence-corrected chi connectivity index (χ3v) is 4.28. The normalized spacial score (nSPS) is 13.5. The van der Waals surface area contributed by atoms with Crippen LogP contribution in [-0.4, -0.2) is 21.6 Å². The van der Waals surface area contributed by atoms with Crippen molar-refractivity contribution in [1.29, 1.82) is 0 Å². The van der Waals surface area contributed by atoms with Gasteiger partial charge in [0.25, 0.3) is 0 Å². The molecule has 2 N–H and O–H groups in total. The number of nitrogens with one attached hydrogen (secondary N) is 1. The Labute approximate surface area is 135 Å². The number of ketones is 1. The molecule has 4 nitrogen and oxygen atoms in total. The third-order valence-electron chi connectivity index (χ3n) is 3.66. The van der Waals surface area contributed by atoms with Crippen molar-refractivity contribution >= 4 is 51.3 Å². The van der Waals surface area contributed by atoms with E-state index in [0.29, 0.717) is 32.2 Å². The number of H-pyrrole nitrogens is 1. The summed E-state index contributed by atoms with van der Waals surface area (Å²) in [4.78, 5) is 19.8. The van der Waals surface area contributed by atoms with Crippen molar-refractivity contribution in [2.45, 2.75) is 0 Å². The van der Waals surface area contributed by atoms with E-state index in [2.05, 4.69) is 9.98 Å². The van der Waals surface area contributed by atoms with Crippen LogP contribution in [0.1, 0.15) is 16.1 Å². The first-order chi connectivity index (χ1) is 10.6. The SMILES string of the molecule is O=C1C(c2[nH]c3c(Cl)cccc3c2O)=Nc2c(Cl)cccc21. The van der Waals surface area contributed by atoms with Crippen molar-refractivity contribution in [3.8, 4) is 5.75 Å². The quantitative estimate of drug-likeness (QED) is 0.690. The van der Waals surface area contributed by atoms with Crippen LogP contribution >= 0.6 is 23.2 Å². The maximum absolute atomic E-state index is 12.5. The number of aliphatic imine (C=N–C) groups is 1. The Balaban J connectivity index is 1.97. The van der Waals surface area contributed by atoms with Gasteiger partial charge >= 0.3 is 0 Å². The first kappa shape index (κ1) is 13.4. The molecule has 0 bridgehead atoms. The number of aromatic nitrogens is 1. The number of para-hydroxylation sites is 2. The van der Waals surface area contributed by atoms with E-state index in [-0.39, 0.29) is 22.9 Å². The Morgan fingerprint density at radius 3 is 2.50 bits per heavy atom. The van der Waals surface area contributed by atoms with Crippen LogP contribution in [0.25, 0.3) is 10.9 Å². The fourth-order valence-corrected chi connectivity index (χ4v) is 3.05. The van der Waals surface area contributed by atoms with Gasteiger partial charge in [-0.3, -0.25) is 4.79 Å². The summed E-state index contributed by atoms with van der Waals surface area (Å²) < 4.78 is 0. The van der Waals surface area contributed by atoms with E-state index in [9.17, 15) is 9.90 Å². The second-order valence-corrected chi connectivity index (χ2v) is 5.75. The van der Waals surface area contributed by atoms with Crippen LogP contribution in [0.4, 0.5) is 5.69 Å². The van der Waals surface area contributed by atoms with Crippen LogP contribution in [0, 0.1) is 0 Å². The number of nitrogens with zero attached hydrogens (tertiary/aromatic N) is 1. The highest BCUT2D eigenvalue weighted by Crippen LogP contribution is 2.39. The monoisotopic (exact) mass is 330 g/mol. The number of benzene rings is 2. The van der Waals surface area contributed by atoms with Gasteiger partial charge in [0.2, 0.25) is 5.78 Å². The van der Waals surface area contributed by atoms with Crippen molar-refractivity contribution in [1.82, 2.24) is 4.98 Å². The molecule has 2 heterocycles. The molecule has 0 amide bonds. The molecular weight excluding hydrogens is 323 g/mol. The van der Waals surface area contributed by atoms with Gasteiger partial charge in [-0.2, -0.15) is 0 Å². The van der Waals surface area contributed by atoms with E-state index in [1.54, 1.807) is 36.4 Å². The molecule has 1 aliphatic heterocycles. The molecular formula is C16H8Cl2N2O2. The predicted molar refractivity (Wildman–Crippen MR) is 87.0 cm³/mol. The molecule has 0 atom stereocenters. The summed E-state index contributed by atoms with van der Waals surface area (Å²) in [7, 11) is 0. The molecule has 0 saturated heterocycles. The maximum Gasteiger partial charge on any atom is 0.215 e. The first-order valence-corrected chi connectivity index (χ1v) is 7.25. The van der Waals surface area contributed by atoms with Crippen LogP contribution in [-0.2, 0) is 0 Å². The van der Waals surface area contributed by atoms with Crippen LogP contribution in [0.15, 0.2) is 41.4 Å². The van der Waals surface area contributed by atoms with E-state index < -0.39 is 0 Å². The average Bonchev–Trinajstić information content (AvgIpc) is 3.01. The van der Waals surface area contributed by atoms with Gasteiger partial charge < -0.3 is 10.1 Å². The third kappa shape index (κ3) is 1.71. The van der Waals surface area contributed by atoms with Gasteiger partial charge in [-0.15, -0.1) is 0 Å². The van der Waals surface area contributed by atoms with Crippen molar-refractivity contribution in [3.63, 3.8) is 0 Å². The minimum absolute atomic E-state index is 0.0477. The molecule has 2 aromatic carbocycles. The summed E-state index contributed by atoms with van der Waals surface area (Å²) in [5.74, 6) is -0.330. The number of hydrogen-bond donors (Lipinski definition) is 2. The highest BCUT2D eigenvalue weighted by atomic mass is 35.5. The van der Waals surface area contributed by atoms with Crippen LogP contribution in [0.2, 0.25) is 10.0 Å². The molecule has 22 heavy (non-hydrogen) atoms. The topological polar surface area (TPSA) is 65.5 Å². The van der Waals surface area contributed by atoms with Crippen LogP contribution < -0.4 is 0 Å². The second kappa shape index (κ2) is 4.60. The first-order valence-electron chi connectivity index (χ1n) is 6.49. The van der Waals surface area contributed by atoms with Gasteiger partial charge in [0.05, 0.1) is 26.8 Å². The van der Waals surface area contributed by atoms with Crippen LogP contribution in [0.3, 0.4) is 0 Å². The lowest BCUT2D eigenvalue weighted by atomic mass is 10.1. The summed E-state index contributed by atoms with van der Waals surface area (Å²) >= 11 is 12.2. The Hall–Kier alpha value is -2.30. The van der Waals surface area contributed by atoms with E-state index >= 15 is 0 Å². The molecule has 1 aliphatic rings. The Bertz CT molecular complexity index is 989. The lowest BCUT2D eigenvalue weighted by Gasteiger charge is -1.97. The summed E-state index contributed by atoms with van der Waals surface area (Å²) in [6.45, 7) is 0.